The summed E-state index contributed by atoms with van der Waals surface area (Å²) < 4.78 is 3.54. The van der Waals surface area contributed by atoms with Gasteiger partial charge in [-0.1, -0.05) is 24.3 Å². The van der Waals surface area contributed by atoms with Crippen molar-refractivity contribution in [2.45, 2.75) is 38.8 Å². The predicted molar refractivity (Wildman–Crippen MR) is 112 cm³/mol. The lowest BCUT2D eigenvalue weighted by Crippen LogP contribution is -2.23. The van der Waals surface area contributed by atoms with E-state index in [-0.39, 0.29) is 5.91 Å². The number of hydrogen-bond donors (Lipinski definition) is 1. The minimum Gasteiger partial charge on any atom is -0.348 e. The standard InChI is InChI=1S/C22H23N7O/c1-14-20-18(9-19(17-7-8-17)26-21(20)28(2)27-14)22(30)24-10-15-3-5-16(6-4-15)11-29-13-23-12-25-29/h3-6,9,12-13,17H,7-8,10-11H2,1-2H3,(H,24,30). The molecule has 0 atom stereocenters. The van der Waals surface area contributed by atoms with Crippen LogP contribution in [0.1, 0.15) is 51.6 Å². The second-order valence-electron chi connectivity index (χ2n) is 7.87. The van der Waals surface area contributed by atoms with Crippen molar-refractivity contribution in [3.05, 3.63) is 71.1 Å². The van der Waals surface area contributed by atoms with E-state index in [1.54, 1.807) is 15.7 Å². The summed E-state index contributed by atoms with van der Waals surface area (Å²) in [4.78, 5) is 21.8. The molecular weight excluding hydrogens is 378 g/mol. The zero-order valence-corrected chi connectivity index (χ0v) is 17.0. The van der Waals surface area contributed by atoms with Gasteiger partial charge in [0.1, 0.15) is 12.7 Å². The Hall–Kier alpha value is -3.55. The molecule has 3 aromatic heterocycles. The number of amides is 1. The van der Waals surface area contributed by atoms with Crippen LogP contribution in [0.25, 0.3) is 11.0 Å². The Bertz CT molecular complexity index is 1200. The van der Waals surface area contributed by atoms with E-state index in [0.717, 1.165) is 46.4 Å². The number of pyridine rings is 1. The lowest BCUT2D eigenvalue weighted by atomic mass is 10.1. The third-order valence-electron chi connectivity index (χ3n) is 5.52. The molecule has 4 aromatic rings. The fraction of sp³-hybridized carbons (Fsp3) is 0.318. The van der Waals surface area contributed by atoms with Gasteiger partial charge < -0.3 is 5.32 Å². The zero-order chi connectivity index (χ0) is 20.7. The lowest BCUT2D eigenvalue weighted by molar-refractivity contribution is 0.0952. The molecule has 8 heteroatoms. The molecule has 1 saturated carbocycles. The molecule has 1 aliphatic rings. The first-order valence-corrected chi connectivity index (χ1v) is 10.1. The van der Waals surface area contributed by atoms with Crippen LogP contribution in [-0.4, -0.2) is 35.4 Å². The monoisotopic (exact) mass is 401 g/mol. The number of benzene rings is 1. The number of nitrogens with zero attached hydrogens (tertiary/aromatic N) is 6. The number of carbonyl (C=O) groups excluding carboxylic acids is 1. The maximum Gasteiger partial charge on any atom is 0.252 e. The number of carbonyl (C=O) groups is 1. The van der Waals surface area contributed by atoms with Crippen LogP contribution in [0.2, 0.25) is 0 Å². The number of aromatic nitrogens is 6. The Labute approximate surface area is 174 Å². The van der Waals surface area contributed by atoms with E-state index in [2.05, 4.69) is 20.5 Å². The van der Waals surface area contributed by atoms with Gasteiger partial charge in [-0.05, 0) is 37.0 Å². The number of rotatable bonds is 6. The van der Waals surface area contributed by atoms with Crippen molar-refractivity contribution in [3.8, 4) is 0 Å². The summed E-state index contributed by atoms with van der Waals surface area (Å²) in [6, 6.07) is 10.1. The van der Waals surface area contributed by atoms with E-state index >= 15 is 0 Å². The molecule has 3 heterocycles. The molecule has 152 valence electrons. The summed E-state index contributed by atoms with van der Waals surface area (Å²) in [6.45, 7) is 3.06. The maximum atomic E-state index is 13.1. The molecule has 8 nitrogen and oxygen atoms in total. The van der Waals surface area contributed by atoms with Crippen LogP contribution < -0.4 is 5.32 Å². The van der Waals surface area contributed by atoms with E-state index in [1.807, 2.05) is 44.3 Å². The summed E-state index contributed by atoms with van der Waals surface area (Å²) in [5, 5.41) is 12.5. The van der Waals surface area contributed by atoms with Gasteiger partial charge in [-0.15, -0.1) is 0 Å². The molecule has 0 saturated heterocycles. The van der Waals surface area contributed by atoms with Crippen molar-refractivity contribution in [1.29, 1.82) is 0 Å². The number of hydrogen-bond acceptors (Lipinski definition) is 5. The first-order chi connectivity index (χ1) is 14.6. The Morgan fingerprint density at radius 2 is 1.97 bits per heavy atom. The molecule has 0 unspecified atom stereocenters. The first kappa shape index (κ1) is 18.5. The molecule has 1 aliphatic carbocycles. The second-order valence-corrected chi connectivity index (χ2v) is 7.87. The van der Waals surface area contributed by atoms with Gasteiger partial charge in [0.25, 0.3) is 5.91 Å². The van der Waals surface area contributed by atoms with Gasteiger partial charge in [-0.25, -0.2) is 14.6 Å². The summed E-state index contributed by atoms with van der Waals surface area (Å²) in [5.74, 6) is 0.376. The Morgan fingerprint density at radius 3 is 2.67 bits per heavy atom. The Kier molecular flexibility index (Phi) is 4.54. The van der Waals surface area contributed by atoms with E-state index < -0.39 is 0 Å². The van der Waals surface area contributed by atoms with Crippen molar-refractivity contribution in [3.63, 3.8) is 0 Å². The summed E-state index contributed by atoms with van der Waals surface area (Å²) in [5.41, 5.74) is 5.43. The van der Waals surface area contributed by atoms with Crippen LogP contribution in [-0.2, 0) is 20.1 Å². The molecular formula is C22H23N7O. The van der Waals surface area contributed by atoms with Crippen LogP contribution in [0, 0.1) is 6.92 Å². The number of nitrogens with one attached hydrogen (secondary N) is 1. The minimum absolute atomic E-state index is 0.0907. The molecule has 1 fully saturated rings. The van der Waals surface area contributed by atoms with Crippen LogP contribution in [0.4, 0.5) is 0 Å². The highest BCUT2D eigenvalue weighted by atomic mass is 16.1. The van der Waals surface area contributed by atoms with Crippen LogP contribution in [0.5, 0.6) is 0 Å². The van der Waals surface area contributed by atoms with E-state index in [9.17, 15) is 4.79 Å². The lowest BCUT2D eigenvalue weighted by Gasteiger charge is -2.10. The predicted octanol–water partition coefficient (Wildman–Crippen LogP) is 2.72. The topological polar surface area (TPSA) is 90.5 Å². The fourth-order valence-corrected chi connectivity index (χ4v) is 3.77. The summed E-state index contributed by atoms with van der Waals surface area (Å²) in [6.07, 6.45) is 5.49. The van der Waals surface area contributed by atoms with Gasteiger partial charge in [0.05, 0.1) is 23.2 Å². The van der Waals surface area contributed by atoms with Crippen molar-refractivity contribution in [1.82, 2.24) is 34.8 Å². The van der Waals surface area contributed by atoms with E-state index in [0.29, 0.717) is 24.6 Å². The fourth-order valence-electron chi connectivity index (χ4n) is 3.77. The molecule has 0 aliphatic heterocycles. The molecule has 0 bridgehead atoms. The third-order valence-corrected chi connectivity index (χ3v) is 5.52. The molecule has 5 rings (SSSR count). The highest BCUT2D eigenvalue weighted by Crippen LogP contribution is 2.40. The summed E-state index contributed by atoms with van der Waals surface area (Å²) >= 11 is 0. The molecule has 30 heavy (non-hydrogen) atoms. The summed E-state index contributed by atoms with van der Waals surface area (Å²) in [7, 11) is 1.88. The van der Waals surface area contributed by atoms with Crippen molar-refractivity contribution < 1.29 is 4.79 Å². The molecule has 1 aromatic carbocycles. The molecule has 0 radical (unpaired) electrons. The average molecular weight is 401 g/mol. The van der Waals surface area contributed by atoms with Gasteiger partial charge >= 0.3 is 0 Å². The second kappa shape index (κ2) is 7.37. The minimum atomic E-state index is -0.0907. The quantitative estimate of drug-likeness (QED) is 0.536. The van der Waals surface area contributed by atoms with Crippen molar-refractivity contribution >= 4 is 16.9 Å². The molecule has 1 N–H and O–H groups in total. The van der Waals surface area contributed by atoms with E-state index in [1.165, 1.54) is 6.33 Å². The first-order valence-electron chi connectivity index (χ1n) is 10.1. The smallest absolute Gasteiger partial charge is 0.252 e. The highest BCUT2D eigenvalue weighted by molar-refractivity contribution is 6.06. The molecule has 0 spiro atoms. The largest absolute Gasteiger partial charge is 0.348 e. The van der Waals surface area contributed by atoms with Gasteiger partial charge in [-0.3, -0.25) is 9.48 Å². The van der Waals surface area contributed by atoms with Crippen LogP contribution in [0.3, 0.4) is 0 Å². The SMILES string of the molecule is Cc1nn(C)c2nc(C3CC3)cc(C(=O)NCc3ccc(Cn4cncn4)cc3)c12. The normalized spacial score (nSPS) is 13.7. The average Bonchev–Trinajstić information content (AvgIpc) is 3.41. The van der Waals surface area contributed by atoms with E-state index in [4.69, 9.17) is 4.98 Å². The number of fused-ring (bicyclic) bond motifs is 1. The molecule has 1 amide bonds. The highest BCUT2D eigenvalue weighted by Gasteiger charge is 2.28. The zero-order valence-electron chi connectivity index (χ0n) is 17.0. The van der Waals surface area contributed by atoms with Crippen LogP contribution >= 0.6 is 0 Å². The van der Waals surface area contributed by atoms with Gasteiger partial charge in [-0.2, -0.15) is 10.2 Å². The van der Waals surface area contributed by atoms with Gasteiger partial charge in [0, 0.05) is 25.2 Å². The third kappa shape index (κ3) is 3.56. The maximum absolute atomic E-state index is 13.1. The van der Waals surface area contributed by atoms with Gasteiger partial charge in [0.15, 0.2) is 5.65 Å². The van der Waals surface area contributed by atoms with Crippen LogP contribution in [0.15, 0.2) is 43.0 Å². The van der Waals surface area contributed by atoms with Gasteiger partial charge in [0.2, 0.25) is 0 Å². The Morgan fingerprint density at radius 1 is 1.20 bits per heavy atom. The van der Waals surface area contributed by atoms with Crippen molar-refractivity contribution in [2.24, 2.45) is 7.05 Å². The Balaban J connectivity index is 1.33. The van der Waals surface area contributed by atoms with Crippen molar-refractivity contribution in [2.75, 3.05) is 0 Å². The number of aryl methyl sites for hydroxylation is 2.